The van der Waals surface area contributed by atoms with E-state index < -0.39 is 0 Å². The Morgan fingerprint density at radius 3 is 2.65 bits per heavy atom. The fraction of sp³-hybridized carbons (Fsp3) is 0.100. The molecule has 0 unspecified atom stereocenters. The number of hydrogen-bond acceptors (Lipinski definition) is 0. The number of rotatable bonds is 0. The minimum atomic E-state index is 1.05. The second kappa shape index (κ2) is 4.35. The Labute approximate surface area is 119 Å². The van der Waals surface area contributed by atoms with Gasteiger partial charge in [0.2, 0.25) is 0 Å². The van der Waals surface area contributed by atoms with E-state index in [2.05, 4.69) is 73.7 Å². The van der Waals surface area contributed by atoms with Crippen LogP contribution in [0.1, 0.15) is 29.2 Å². The molecule has 0 radical (unpaired) electrons. The first kappa shape index (κ1) is 11.5. The van der Waals surface area contributed by atoms with Crippen LogP contribution in [0.4, 0.5) is 0 Å². The largest absolute Gasteiger partial charge is 0.0620 e. The number of hydrogen-bond donors (Lipinski definition) is 0. The summed E-state index contributed by atoms with van der Waals surface area (Å²) in [4.78, 5) is 0. The average Bonchev–Trinajstić information content (AvgIpc) is 2.81. The standard InChI is InChI=1S/C20H16/c1-14-6-2-3-7-15-10-11-18-17-9-5-4-8-16(17)13-20(18)19(15)12-14/h2-12H,13H2,1H3/b3-2?,6-2-,7-3+,14-6?,14-12-,15-7?,19-12?. The van der Waals surface area contributed by atoms with Crippen LogP contribution < -0.4 is 0 Å². The van der Waals surface area contributed by atoms with Crippen molar-refractivity contribution in [2.24, 2.45) is 0 Å². The quantitative estimate of drug-likeness (QED) is 0.515. The van der Waals surface area contributed by atoms with Crippen molar-refractivity contribution in [3.8, 4) is 11.1 Å². The van der Waals surface area contributed by atoms with Crippen LogP contribution in [0.3, 0.4) is 0 Å². The summed E-state index contributed by atoms with van der Waals surface area (Å²) in [6, 6.07) is 13.3. The van der Waals surface area contributed by atoms with Crippen molar-refractivity contribution >= 4 is 12.2 Å². The fourth-order valence-corrected chi connectivity index (χ4v) is 3.21. The van der Waals surface area contributed by atoms with E-state index in [0.29, 0.717) is 0 Å². The summed E-state index contributed by atoms with van der Waals surface area (Å²) < 4.78 is 0. The zero-order valence-electron chi connectivity index (χ0n) is 11.6. The van der Waals surface area contributed by atoms with Crippen LogP contribution in [0.25, 0.3) is 23.3 Å². The Balaban J connectivity index is 1.99. The Morgan fingerprint density at radius 2 is 1.70 bits per heavy atom. The summed E-state index contributed by atoms with van der Waals surface area (Å²) in [6.45, 7) is 2.17. The summed E-state index contributed by atoms with van der Waals surface area (Å²) in [6.07, 6.45) is 12.0. The summed E-state index contributed by atoms with van der Waals surface area (Å²) >= 11 is 0. The van der Waals surface area contributed by atoms with Crippen LogP contribution in [0.15, 0.2) is 60.2 Å². The highest BCUT2D eigenvalue weighted by Crippen LogP contribution is 2.40. The van der Waals surface area contributed by atoms with Crippen LogP contribution in [0.5, 0.6) is 0 Å². The van der Waals surface area contributed by atoms with E-state index in [1.54, 1.807) is 0 Å². The van der Waals surface area contributed by atoms with E-state index in [1.807, 2.05) is 0 Å². The van der Waals surface area contributed by atoms with E-state index in [4.69, 9.17) is 0 Å². The molecule has 0 saturated carbocycles. The highest BCUT2D eigenvalue weighted by atomic mass is 14.2. The highest BCUT2D eigenvalue weighted by molar-refractivity contribution is 5.84. The molecular formula is C20H16. The van der Waals surface area contributed by atoms with Gasteiger partial charge in [0.05, 0.1) is 0 Å². The fourth-order valence-electron chi connectivity index (χ4n) is 3.21. The van der Waals surface area contributed by atoms with Gasteiger partial charge in [-0.25, -0.2) is 0 Å². The maximum atomic E-state index is 2.32. The minimum Gasteiger partial charge on any atom is -0.0620 e. The molecule has 0 atom stereocenters. The minimum absolute atomic E-state index is 1.05. The number of allylic oxidation sites excluding steroid dienone is 4. The first-order valence-corrected chi connectivity index (χ1v) is 7.10. The van der Waals surface area contributed by atoms with E-state index in [9.17, 15) is 0 Å². The summed E-state index contributed by atoms with van der Waals surface area (Å²) in [5.41, 5.74) is 9.74. The summed E-state index contributed by atoms with van der Waals surface area (Å²) in [7, 11) is 0. The molecule has 96 valence electrons. The van der Waals surface area contributed by atoms with E-state index >= 15 is 0 Å². The molecular weight excluding hydrogens is 240 g/mol. The van der Waals surface area contributed by atoms with Gasteiger partial charge in [0, 0.05) is 0 Å². The third kappa shape index (κ3) is 1.69. The molecule has 0 heterocycles. The summed E-state index contributed by atoms with van der Waals surface area (Å²) in [5, 5.41) is 0. The van der Waals surface area contributed by atoms with Gasteiger partial charge in [-0.2, -0.15) is 0 Å². The van der Waals surface area contributed by atoms with E-state index in [1.165, 1.54) is 39.0 Å². The molecule has 0 fully saturated rings. The van der Waals surface area contributed by atoms with Crippen molar-refractivity contribution in [1.82, 2.24) is 0 Å². The molecule has 0 amide bonds. The molecule has 2 aliphatic rings. The van der Waals surface area contributed by atoms with Gasteiger partial charge < -0.3 is 0 Å². The monoisotopic (exact) mass is 256 g/mol. The van der Waals surface area contributed by atoms with Gasteiger partial charge in [-0.3, -0.25) is 0 Å². The van der Waals surface area contributed by atoms with Gasteiger partial charge in [0.1, 0.15) is 0 Å². The highest BCUT2D eigenvalue weighted by Gasteiger charge is 2.21. The Morgan fingerprint density at radius 1 is 0.850 bits per heavy atom. The first-order chi connectivity index (χ1) is 9.83. The average molecular weight is 256 g/mol. The predicted octanol–water partition coefficient (Wildman–Crippen LogP) is 5.24. The van der Waals surface area contributed by atoms with Crippen LogP contribution in [0, 0.1) is 0 Å². The van der Waals surface area contributed by atoms with Crippen LogP contribution in [-0.4, -0.2) is 0 Å². The molecule has 4 rings (SSSR count). The SMILES string of the molecule is CC1=C/c2c(ccc3c2Cc2ccccc2-3)/C=C/C=C\1. The lowest BCUT2D eigenvalue weighted by Crippen LogP contribution is -1.92. The van der Waals surface area contributed by atoms with Gasteiger partial charge in [-0.05, 0) is 46.7 Å². The second-order valence-electron chi connectivity index (χ2n) is 5.54. The smallest absolute Gasteiger partial charge is 0.000728 e. The lowest BCUT2D eigenvalue weighted by Gasteiger charge is -2.11. The zero-order valence-corrected chi connectivity index (χ0v) is 11.6. The molecule has 0 bridgehead atoms. The third-order valence-electron chi connectivity index (χ3n) is 4.18. The first-order valence-electron chi connectivity index (χ1n) is 7.10. The number of fused-ring (bicyclic) bond motifs is 5. The predicted molar refractivity (Wildman–Crippen MR) is 86.5 cm³/mol. The van der Waals surface area contributed by atoms with Gasteiger partial charge in [-0.1, -0.05) is 72.4 Å². The van der Waals surface area contributed by atoms with Crippen molar-refractivity contribution in [3.63, 3.8) is 0 Å². The van der Waals surface area contributed by atoms with Crippen molar-refractivity contribution in [2.75, 3.05) is 0 Å². The molecule has 2 aliphatic carbocycles. The molecule has 0 aliphatic heterocycles. The normalized spacial score (nSPS) is 20.8. The second-order valence-corrected chi connectivity index (χ2v) is 5.54. The lowest BCUT2D eigenvalue weighted by molar-refractivity contribution is 1.25. The summed E-state index contributed by atoms with van der Waals surface area (Å²) in [5.74, 6) is 0. The van der Waals surface area contributed by atoms with Gasteiger partial charge in [0.15, 0.2) is 0 Å². The molecule has 0 N–H and O–H groups in total. The molecule has 2 aromatic carbocycles. The Kier molecular flexibility index (Phi) is 2.50. The maximum Gasteiger partial charge on any atom is -0.000728 e. The lowest BCUT2D eigenvalue weighted by atomic mass is 9.93. The molecule has 0 spiro atoms. The number of benzene rings is 2. The van der Waals surface area contributed by atoms with E-state index in [0.717, 1.165) is 6.42 Å². The molecule has 0 heteroatoms. The molecule has 2 aromatic rings. The van der Waals surface area contributed by atoms with Gasteiger partial charge in [-0.15, -0.1) is 0 Å². The van der Waals surface area contributed by atoms with Crippen molar-refractivity contribution in [2.45, 2.75) is 13.3 Å². The third-order valence-corrected chi connectivity index (χ3v) is 4.18. The van der Waals surface area contributed by atoms with Crippen LogP contribution >= 0.6 is 0 Å². The van der Waals surface area contributed by atoms with Crippen LogP contribution in [-0.2, 0) is 6.42 Å². The molecule has 20 heavy (non-hydrogen) atoms. The van der Waals surface area contributed by atoms with Crippen molar-refractivity contribution in [1.29, 1.82) is 0 Å². The van der Waals surface area contributed by atoms with E-state index in [-0.39, 0.29) is 0 Å². The van der Waals surface area contributed by atoms with Gasteiger partial charge >= 0.3 is 0 Å². The zero-order chi connectivity index (χ0) is 13.5. The van der Waals surface area contributed by atoms with Gasteiger partial charge in [0.25, 0.3) is 0 Å². The molecule has 0 nitrogen and oxygen atoms in total. The molecule has 0 aromatic heterocycles. The Bertz CT molecular complexity index is 786. The van der Waals surface area contributed by atoms with Crippen LogP contribution in [0.2, 0.25) is 0 Å². The molecule has 0 saturated heterocycles. The Hall–Kier alpha value is -2.34. The topological polar surface area (TPSA) is 0 Å². The van der Waals surface area contributed by atoms with Crippen molar-refractivity contribution < 1.29 is 0 Å². The maximum absolute atomic E-state index is 2.32. The van der Waals surface area contributed by atoms with Crippen molar-refractivity contribution in [3.05, 3.63) is 82.5 Å².